The molecule has 1 aromatic carbocycles. The van der Waals surface area contributed by atoms with Crippen LogP contribution < -0.4 is 5.73 Å². The van der Waals surface area contributed by atoms with Crippen LogP contribution in [0.2, 0.25) is 5.02 Å². The van der Waals surface area contributed by atoms with Gasteiger partial charge in [-0.15, -0.1) is 0 Å². The second-order valence-electron chi connectivity index (χ2n) is 4.53. The Labute approximate surface area is 106 Å². The molecule has 1 aromatic rings. The average Bonchev–Trinajstić information content (AvgIpc) is 2.30. The van der Waals surface area contributed by atoms with Gasteiger partial charge in [0.05, 0.1) is 12.7 Å². The normalized spacial score (nSPS) is 24.9. The molecule has 0 radical (unpaired) electrons. The van der Waals surface area contributed by atoms with Crippen molar-refractivity contribution in [3.63, 3.8) is 0 Å². The third kappa shape index (κ3) is 3.41. The lowest BCUT2D eigenvalue weighted by Gasteiger charge is -2.28. The van der Waals surface area contributed by atoms with Crippen molar-refractivity contribution in [3.05, 3.63) is 34.6 Å². The SMILES string of the molecule is NC1CCCCC1OCc1ccc(F)cc1Cl. The van der Waals surface area contributed by atoms with Crippen molar-refractivity contribution in [3.8, 4) is 0 Å². The van der Waals surface area contributed by atoms with Gasteiger partial charge in [0.2, 0.25) is 0 Å². The molecule has 1 aliphatic rings. The van der Waals surface area contributed by atoms with E-state index in [-0.39, 0.29) is 18.0 Å². The van der Waals surface area contributed by atoms with E-state index in [9.17, 15) is 4.39 Å². The number of benzene rings is 1. The van der Waals surface area contributed by atoms with Crippen LogP contribution in [0.15, 0.2) is 18.2 Å². The van der Waals surface area contributed by atoms with Crippen LogP contribution in [-0.2, 0) is 11.3 Å². The molecular weight excluding hydrogens is 241 g/mol. The number of halogens is 2. The van der Waals surface area contributed by atoms with Crippen LogP contribution in [0.4, 0.5) is 4.39 Å². The van der Waals surface area contributed by atoms with E-state index in [1.807, 2.05) is 0 Å². The first-order valence-electron chi connectivity index (χ1n) is 5.98. The van der Waals surface area contributed by atoms with Gasteiger partial charge in [-0.3, -0.25) is 0 Å². The van der Waals surface area contributed by atoms with Crippen molar-refractivity contribution >= 4 is 11.6 Å². The molecule has 0 amide bonds. The summed E-state index contributed by atoms with van der Waals surface area (Å²) >= 11 is 5.93. The Morgan fingerprint density at radius 1 is 1.35 bits per heavy atom. The highest BCUT2D eigenvalue weighted by molar-refractivity contribution is 6.31. The van der Waals surface area contributed by atoms with Crippen molar-refractivity contribution in [1.82, 2.24) is 0 Å². The summed E-state index contributed by atoms with van der Waals surface area (Å²) in [6.45, 7) is 0.400. The van der Waals surface area contributed by atoms with Gasteiger partial charge in [-0.2, -0.15) is 0 Å². The summed E-state index contributed by atoms with van der Waals surface area (Å²) in [7, 11) is 0. The van der Waals surface area contributed by atoms with Crippen LogP contribution in [0.25, 0.3) is 0 Å². The fraction of sp³-hybridized carbons (Fsp3) is 0.538. The Hall–Kier alpha value is -0.640. The number of hydrogen-bond acceptors (Lipinski definition) is 2. The smallest absolute Gasteiger partial charge is 0.124 e. The predicted octanol–water partition coefficient (Wildman–Crippen LogP) is 3.27. The van der Waals surface area contributed by atoms with E-state index in [1.54, 1.807) is 6.07 Å². The molecule has 1 fully saturated rings. The molecule has 0 spiro atoms. The van der Waals surface area contributed by atoms with Crippen LogP contribution in [0.1, 0.15) is 31.2 Å². The van der Waals surface area contributed by atoms with Gasteiger partial charge >= 0.3 is 0 Å². The summed E-state index contributed by atoms with van der Waals surface area (Å²) in [4.78, 5) is 0. The first-order valence-corrected chi connectivity index (χ1v) is 6.36. The maximum atomic E-state index is 12.9. The molecule has 0 heterocycles. The van der Waals surface area contributed by atoms with Gasteiger partial charge in [-0.1, -0.05) is 30.5 Å². The van der Waals surface area contributed by atoms with Crippen molar-refractivity contribution < 1.29 is 9.13 Å². The first-order chi connectivity index (χ1) is 8.16. The standard InChI is InChI=1S/C13H17ClFNO/c14-11-7-10(15)6-5-9(11)8-17-13-4-2-1-3-12(13)16/h5-7,12-13H,1-4,8,16H2. The number of nitrogens with two attached hydrogens (primary N) is 1. The zero-order chi connectivity index (χ0) is 12.3. The number of rotatable bonds is 3. The van der Waals surface area contributed by atoms with Crippen LogP contribution in [0.5, 0.6) is 0 Å². The van der Waals surface area contributed by atoms with Crippen LogP contribution >= 0.6 is 11.6 Å². The fourth-order valence-corrected chi connectivity index (χ4v) is 2.39. The molecule has 0 aliphatic heterocycles. The van der Waals surface area contributed by atoms with Gasteiger partial charge in [0.15, 0.2) is 0 Å². The molecule has 0 aromatic heterocycles. The lowest BCUT2D eigenvalue weighted by molar-refractivity contribution is 0.00406. The highest BCUT2D eigenvalue weighted by Gasteiger charge is 2.22. The zero-order valence-electron chi connectivity index (χ0n) is 9.66. The van der Waals surface area contributed by atoms with Gasteiger partial charge in [-0.25, -0.2) is 4.39 Å². The van der Waals surface area contributed by atoms with Crippen molar-refractivity contribution in [2.75, 3.05) is 0 Å². The minimum Gasteiger partial charge on any atom is -0.372 e. The molecule has 0 saturated heterocycles. The van der Waals surface area contributed by atoms with Crippen molar-refractivity contribution in [1.29, 1.82) is 0 Å². The summed E-state index contributed by atoms with van der Waals surface area (Å²) in [5, 5.41) is 0.411. The van der Waals surface area contributed by atoms with Gasteiger partial charge in [0.1, 0.15) is 5.82 Å². The summed E-state index contributed by atoms with van der Waals surface area (Å²) in [5.74, 6) is -0.326. The van der Waals surface area contributed by atoms with E-state index in [1.165, 1.54) is 18.6 Å². The molecule has 17 heavy (non-hydrogen) atoms. The van der Waals surface area contributed by atoms with E-state index in [0.717, 1.165) is 24.8 Å². The minimum atomic E-state index is -0.326. The third-order valence-electron chi connectivity index (χ3n) is 3.22. The van der Waals surface area contributed by atoms with E-state index < -0.39 is 0 Å². The average molecular weight is 258 g/mol. The maximum Gasteiger partial charge on any atom is 0.124 e. The van der Waals surface area contributed by atoms with E-state index >= 15 is 0 Å². The zero-order valence-corrected chi connectivity index (χ0v) is 10.4. The fourth-order valence-electron chi connectivity index (χ4n) is 2.17. The Morgan fingerprint density at radius 3 is 2.82 bits per heavy atom. The maximum absolute atomic E-state index is 12.9. The lowest BCUT2D eigenvalue weighted by atomic mass is 9.93. The molecule has 94 valence electrons. The van der Waals surface area contributed by atoms with E-state index in [4.69, 9.17) is 22.1 Å². The molecule has 0 bridgehead atoms. The number of ether oxygens (including phenoxy) is 1. The lowest BCUT2D eigenvalue weighted by Crippen LogP contribution is -2.39. The van der Waals surface area contributed by atoms with Gasteiger partial charge in [-0.05, 0) is 30.5 Å². The Kier molecular flexibility index (Phi) is 4.37. The molecule has 2 N–H and O–H groups in total. The van der Waals surface area contributed by atoms with E-state index in [0.29, 0.717) is 11.6 Å². The molecule has 1 aliphatic carbocycles. The highest BCUT2D eigenvalue weighted by Crippen LogP contribution is 2.23. The summed E-state index contributed by atoms with van der Waals surface area (Å²) in [6, 6.07) is 4.47. The third-order valence-corrected chi connectivity index (χ3v) is 3.57. The molecule has 2 unspecified atom stereocenters. The van der Waals surface area contributed by atoms with Crippen LogP contribution in [0.3, 0.4) is 0 Å². The molecule has 2 rings (SSSR count). The molecular formula is C13H17ClFNO. The van der Waals surface area contributed by atoms with E-state index in [2.05, 4.69) is 0 Å². The molecule has 2 nitrogen and oxygen atoms in total. The minimum absolute atomic E-state index is 0.102. The van der Waals surface area contributed by atoms with Crippen molar-refractivity contribution in [2.45, 2.75) is 44.4 Å². The Morgan fingerprint density at radius 2 is 2.12 bits per heavy atom. The van der Waals surface area contributed by atoms with Crippen LogP contribution in [-0.4, -0.2) is 12.1 Å². The Bertz CT molecular complexity index is 386. The quantitative estimate of drug-likeness (QED) is 0.902. The second kappa shape index (κ2) is 5.80. The Balaban J connectivity index is 1.92. The first kappa shape index (κ1) is 12.8. The van der Waals surface area contributed by atoms with Crippen molar-refractivity contribution in [2.24, 2.45) is 5.73 Å². The highest BCUT2D eigenvalue weighted by atomic mass is 35.5. The largest absolute Gasteiger partial charge is 0.372 e. The van der Waals surface area contributed by atoms with Gasteiger partial charge in [0, 0.05) is 11.1 Å². The molecule has 1 saturated carbocycles. The molecule has 2 atom stereocenters. The molecule has 4 heteroatoms. The second-order valence-corrected chi connectivity index (χ2v) is 4.94. The summed E-state index contributed by atoms with van der Waals surface area (Å²) in [5.41, 5.74) is 6.80. The van der Waals surface area contributed by atoms with Gasteiger partial charge in [0.25, 0.3) is 0 Å². The topological polar surface area (TPSA) is 35.2 Å². The predicted molar refractivity (Wildman–Crippen MR) is 66.4 cm³/mol. The number of hydrogen-bond donors (Lipinski definition) is 1. The monoisotopic (exact) mass is 257 g/mol. The van der Waals surface area contributed by atoms with Crippen LogP contribution in [0, 0.1) is 5.82 Å². The summed E-state index contributed by atoms with van der Waals surface area (Å²) < 4.78 is 18.6. The summed E-state index contributed by atoms with van der Waals surface area (Å²) in [6.07, 6.45) is 4.46. The van der Waals surface area contributed by atoms with Gasteiger partial charge < -0.3 is 10.5 Å².